The Hall–Kier alpha value is -0.680. The number of hydrogen-bond acceptors (Lipinski definition) is 3. The molecule has 1 aliphatic heterocycles. The van der Waals surface area contributed by atoms with Crippen molar-refractivity contribution in [1.82, 2.24) is 10.6 Å². The summed E-state index contributed by atoms with van der Waals surface area (Å²) in [7, 11) is 0. The molecule has 0 spiro atoms. The van der Waals surface area contributed by atoms with Gasteiger partial charge in [-0.2, -0.15) is 0 Å². The Morgan fingerprint density at radius 2 is 2.10 bits per heavy atom. The zero-order chi connectivity index (χ0) is 14.4. The molecule has 0 saturated carbocycles. The summed E-state index contributed by atoms with van der Waals surface area (Å²) in [4.78, 5) is 11.7. The first kappa shape index (κ1) is 18.4. The fourth-order valence-electron chi connectivity index (χ4n) is 2.17. The number of ether oxygens (including phenoxy) is 1. The molecule has 1 aromatic rings. The predicted octanol–water partition coefficient (Wildman–Crippen LogP) is 2.91. The van der Waals surface area contributed by atoms with Gasteiger partial charge in [-0.3, -0.25) is 4.79 Å². The summed E-state index contributed by atoms with van der Waals surface area (Å²) in [5.41, 5.74) is 0. The maximum Gasteiger partial charge on any atom is 0.257 e. The van der Waals surface area contributed by atoms with Gasteiger partial charge in [0.2, 0.25) is 0 Å². The summed E-state index contributed by atoms with van der Waals surface area (Å²) in [6.07, 6.45) is 2.30. The van der Waals surface area contributed by atoms with Gasteiger partial charge < -0.3 is 15.4 Å². The molecule has 1 unspecified atom stereocenters. The van der Waals surface area contributed by atoms with Crippen molar-refractivity contribution < 1.29 is 9.53 Å². The zero-order valence-corrected chi connectivity index (χ0v) is 13.9. The maximum absolute atomic E-state index is 11.7. The molecule has 0 aromatic heterocycles. The minimum Gasteiger partial charge on any atom is -0.481 e. The molecule has 2 N–H and O–H groups in total. The lowest BCUT2D eigenvalue weighted by molar-refractivity contribution is -0.123. The first-order valence-electron chi connectivity index (χ1n) is 6.71. The van der Waals surface area contributed by atoms with E-state index in [1.165, 1.54) is 0 Å². The molecule has 7 heteroatoms. The molecule has 0 bridgehead atoms. The number of piperidine rings is 1. The minimum absolute atomic E-state index is 0. The van der Waals surface area contributed by atoms with Gasteiger partial charge in [0.05, 0.1) is 10.0 Å². The van der Waals surface area contributed by atoms with Crippen molar-refractivity contribution in [2.75, 3.05) is 26.2 Å². The second-order valence-corrected chi connectivity index (χ2v) is 5.67. The summed E-state index contributed by atoms with van der Waals surface area (Å²) in [6, 6.07) is 5.08. The highest BCUT2D eigenvalue weighted by molar-refractivity contribution is 6.37. The van der Waals surface area contributed by atoms with Gasteiger partial charge in [0.1, 0.15) is 0 Å². The average Bonchev–Trinajstić information content (AvgIpc) is 2.46. The van der Waals surface area contributed by atoms with Gasteiger partial charge in [0, 0.05) is 6.54 Å². The standard InChI is InChI=1S/C14H18Cl2N2O2.ClH/c15-11-4-1-5-12(16)14(11)20-9-13(19)18-8-10-3-2-6-17-7-10;/h1,4-5,10,17H,2-3,6-9H2,(H,18,19);1H. The number of halogens is 3. The van der Waals surface area contributed by atoms with E-state index in [9.17, 15) is 4.79 Å². The van der Waals surface area contributed by atoms with Crippen molar-refractivity contribution in [2.24, 2.45) is 5.92 Å². The van der Waals surface area contributed by atoms with E-state index in [0.29, 0.717) is 28.3 Å². The van der Waals surface area contributed by atoms with Crippen LogP contribution >= 0.6 is 35.6 Å². The topological polar surface area (TPSA) is 50.4 Å². The molecule has 1 atom stereocenters. The van der Waals surface area contributed by atoms with E-state index < -0.39 is 0 Å². The Kier molecular flexibility index (Phi) is 8.19. The summed E-state index contributed by atoms with van der Waals surface area (Å²) in [5.74, 6) is 0.688. The van der Waals surface area contributed by atoms with Crippen molar-refractivity contribution in [2.45, 2.75) is 12.8 Å². The van der Waals surface area contributed by atoms with Crippen LogP contribution in [-0.4, -0.2) is 32.1 Å². The lowest BCUT2D eigenvalue weighted by Gasteiger charge is -2.22. The first-order valence-corrected chi connectivity index (χ1v) is 7.46. The van der Waals surface area contributed by atoms with Crippen molar-refractivity contribution in [3.63, 3.8) is 0 Å². The van der Waals surface area contributed by atoms with Gasteiger partial charge in [0.25, 0.3) is 5.91 Å². The summed E-state index contributed by atoms with van der Waals surface area (Å²) in [5, 5.41) is 6.99. The molecule has 1 saturated heterocycles. The van der Waals surface area contributed by atoms with Gasteiger partial charge in [-0.1, -0.05) is 29.3 Å². The molecule has 0 aliphatic carbocycles. The van der Waals surface area contributed by atoms with Crippen molar-refractivity contribution in [3.8, 4) is 5.75 Å². The van der Waals surface area contributed by atoms with Crippen LogP contribution in [0.4, 0.5) is 0 Å². The molecular weight excluding hydrogens is 335 g/mol. The third kappa shape index (κ3) is 5.91. The van der Waals surface area contributed by atoms with Crippen LogP contribution in [0.2, 0.25) is 10.0 Å². The molecule has 1 amide bonds. The average molecular weight is 354 g/mol. The highest BCUT2D eigenvalue weighted by Gasteiger charge is 2.14. The van der Waals surface area contributed by atoms with Crippen molar-refractivity contribution in [1.29, 1.82) is 0 Å². The molecule has 2 rings (SSSR count). The molecule has 1 fully saturated rings. The van der Waals surface area contributed by atoms with Gasteiger partial charge in [0.15, 0.2) is 12.4 Å². The van der Waals surface area contributed by atoms with Gasteiger partial charge in [-0.15, -0.1) is 12.4 Å². The van der Waals surface area contributed by atoms with Crippen LogP contribution < -0.4 is 15.4 Å². The highest BCUT2D eigenvalue weighted by Crippen LogP contribution is 2.32. The van der Waals surface area contributed by atoms with Crippen molar-refractivity contribution in [3.05, 3.63) is 28.2 Å². The maximum atomic E-state index is 11.7. The van der Waals surface area contributed by atoms with E-state index in [1.54, 1.807) is 18.2 Å². The monoisotopic (exact) mass is 352 g/mol. The number of benzene rings is 1. The van der Waals surface area contributed by atoms with Crippen molar-refractivity contribution >= 4 is 41.5 Å². The third-order valence-electron chi connectivity index (χ3n) is 3.25. The largest absolute Gasteiger partial charge is 0.481 e. The number of nitrogens with one attached hydrogen (secondary N) is 2. The Morgan fingerprint density at radius 3 is 2.71 bits per heavy atom. The molecular formula is C14H19Cl3N2O2. The summed E-state index contributed by atoms with van der Waals surface area (Å²) in [6.45, 7) is 2.62. The Bertz CT molecular complexity index is 445. The normalized spacial score (nSPS) is 17.7. The van der Waals surface area contributed by atoms with Gasteiger partial charge >= 0.3 is 0 Å². The fourth-order valence-corrected chi connectivity index (χ4v) is 2.67. The van der Waals surface area contributed by atoms with Gasteiger partial charge in [-0.25, -0.2) is 0 Å². The second-order valence-electron chi connectivity index (χ2n) is 4.86. The SMILES string of the molecule is Cl.O=C(COc1c(Cl)cccc1Cl)NCC1CCCNC1. The van der Waals surface area contributed by atoms with E-state index in [0.717, 1.165) is 25.9 Å². The number of amides is 1. The Morgan fingerprint density at radius 1 is 1.38 bits per heavy atom. The molecule has 118 valence electrons. The summed E-state index contributed by atoms with van der Waals surface area (Å²) < 4.78 is 5.38. The Balaban J connectivity index is 0.00000220. The number of hydrogen-bond donors (Lipinski definition) is 2. The van der Waals surface area contributed by atoms with Crippen LogP contribution in [0.3, 0.4) is 0 Å². The number of para-hydroxylation sites is 1. The van der Waals surface area contributed by atoms with E-state index in [4.69, 9.17) is 27.9 Å². The van der Waals surface area contributed by atoms with E-state index >= 15 is 0 Å². The predicted molar refractivity (Wildman–Crippen MR) is 87.8 cm³/mol. The molecule has 1 aliphatic rings. The second kappa shape index (κ2) is 9.36. The van der Waals surface area contributed by atoms with Crippen LogP contribution in [0.5, 0.6) is 5.75 Å². The zero-order valence-electron chi connectivity index (χ0n) is 11.5. The molecule has 1 aromatic carbocycles. The number of rotatable bonds is 5. The number of carbonyl (C=O) groups is 1. The van der Waals surface area contributed by atoms with E-state index in [-0.39, 0.29) is 24.9 Å². The fraction of sp³-hybridized carbons (Fsp3) is 0.500. The Labute approximate surface area is 140 Å². The van der Waals surface area contributed by atoms with Crippen LogP contribution in [0, 0.1) is 5.92 Å². The van der Waals surface area contributed by atoms with Crippen LogP contribution in [0.1, 0.15) is 12.8 Å². The van der Waals surface area contributed by atoms with E-state index in [2.05, 4.69) is 10.6 Å². The van der Waals surface area contributed by atoms with Crippen LogP contribution in [0.15, 0.2) is 18.2 Å². The minimum atomic E-state index is -0.161. The number of carbonyl (C=O) groups excluding carboxylic acids is 1. The smallest absolute Gasteiger partial charge is 0.257 e. The quantitative estimate of drug-likeness (QED) is 0.856. The van der Waals surface area contributed by atoms with E-state index in [1.807, 2.05) is 0 Å². The summed E-state index contributed by atoms with van der Waals surface area (Å²) >= 11 is 11.9. The lowest BCUT2D eigenvalue weighted by atomic mass is 10.00. The first-order chi connectivity index (χ1) is 9.66. The third-order valence-corrected chi connectivity index (χ3v) is 3.85. The molecule has 21 heavy (non-hydrogen) atoms. The molecule has 4 nitrogen and oxygen atoms in total. The highest BCUT2D eigenvalue weighted by atomic mass is 35.5. The molecule has 0 radical (unpaired) electrons. The van der Waals surface area contributed by atoms with Crippen LogP contribution in [0.25, 0.3) is 0 Å². The molecule has 1 heterocycles. The van der Waals surface area contributed by atoms with Gasteiger partial charge in [-0.05, 0) is 44.0 Å². The lowest BCUT2D eigenvalue weighted by Crippen LogP contribution is -2.39. The van der Waals surface area contributed by atoms with Crippen LogP contribution in [-0.2, 0) is 4.79 Å².